The molecule has 0 bridgehead atoms. The molecule has 1 saturated heterocycles. The molecule has 1 fully saturated rings. The van der Waals surface area contributed by atoms with Crippen molar-refractivity contribution in [2.75, 3.05) is 26.4 Å². The molecule has 0 radical (unpaired) electrons. The van der Waals surface area contributed by atoms with E-state index in [9.17, 15) is 0 Å². The molecule has 19 heavy (non-hydrogen) atoms. The number of rotatable bonds is 9. The Morgan fingerprint density at radius 2 is 2.11 bits per heavy atom. The van der Waals surface area contributed by atoms with E-state index in [4.69, 9.17) is 14.2 Å². The third kappa shape index (κ3) is 8.19. The van der Waals surface area contributed by atoms with Crippen molar-refractivity contribution in [1.82, 2.24) is 0 Å². The van der Waals surface area contributed by atoms with Crippen LogP contribution in [0.5, 0.6) is 0 Å². The molecule has 1 aliphatic heterocycles. The highest BCUT2D eigenvalue weighted by atomic mass is 16.7. The van der Waals surface area contributed by atoms with Gasteiger partial charge in [-0.1, -0.05) is 32.1 Å². The Bertz CT molecular complexity index is 255. The van der Waals surface area contributed by atoms with E-state index in [1.807, 2.05) is 0 Å². The predicted molar refractivity (Wildman–Crippen MR) is 78.0 cm³/mol. The molecule has 0 N–H and O–H groups in total. The van der Waals surface area contributed by atoms with Gasteiger partial charge in [-0.2, -0.15) is 0 Å². The molecule has 1 unspecified atom stereocenters. The van der Waals surface area contributed by atoms with Crippen molar-refractivity contribution >= 4 is 0 Å². The first-order valence-electron chi connectivity index (χ1n) is 7.32. The van der Waals surface area contributed by atoms with Crippen molar-refractivity contribution < 1.29 is 14.2 Å². The maximum atomic E-state index is 5.83. The molecule has 0 aromatic heterocycles. The molecule has 110 valence electrons. The first-order valence-corrected chi connectivity index (χ1v) is 7.32. The fourth-order valence-electron chi connectivity index (χ4n) is 1.91. The minimum absolute atomic E-state index is 0.0249. The first-order chi connectivity index (χ1) is 9.22. The van der Waals surface area contributed by atoms with Crippen molar-refractivity contribution in [3.8, 4) is 0 Å². The van der Waals surface area contributed by atoms with Gasteiger partial charge in [-0.15, -0.1) is 6.58 Å². The summed E-state index contributed by atoms with van der Waals surface area (Å²) in [7, 11) is 0. The maximum absolute atomic E-state index is 5.83. The normalized spacial score (nSPS) is 21.9. The molecule has 3 nitrogen and oxygen atoms in total. The number of allylic oxidation sites excluding steroid dienone is 1. The maximum Gasteiger partial charge on any atom is 0.157 e. The Labute approximate surface area is 117 Å². The van der Waals surface area contributed by atoms with E-state index in [1.165, 1.54) is 6.42 Å². The average Bonchev–Trinajstić information content (AvgIpc) is 2.42. The SMILES string of the molecule is C=CCOC[C@H](/C=C/C(C)C)COC1CCCCO1. The zero-order valence-electron chi connectivity index (χ0n) is 12.3. The summed E-state index contributed by atoms with van der Waals surface area (Å²) in [6.07, 6.45) is 9.50. The van der Waals surface area contributed by atoms with Gasteiger partial charge < -0.3 is 14.2 Å². The van der Waals surface area contributed by atoms with Crippen molar-refractivity contribution in [1.29, 1.82) is 0 Å². The third-order valence-corrected chi connectivity index (χ3v) is 2.97. The van der Waals surface area contributed by atoms with Crippen LogP contribution in [0.25, 0.3) is 0 Å². The van der Waals surface area contributed by atoms with Crippen LogP contribution in [-0.2, 0) is 14.2 Å². The average molecular weight is 268 g/mol. The summed E-state index contributed by atoms with van der Waals surface area (Å²) in [6.45, 7) is 10.7. The van der Waals surface area contributed by atoms with Gasteiger partial charge in [0, 0.05) is 12.5 Å². The second-order valence-corrected chi connectivity index (χ2v) is 5.34. The van der Waals surface area contributed by atoms with Crippen LogP contribution in [0.3, 0.4) is 0 Å². The second kappa shape index (κ2) is 10.2. The van der Waals surface area contributed by atoms with Gasteiger partial charge in [0.15, 0.2) is 6.29 Å². The lowest BCUT2D eigenvalue weighted by molar-refractivity contribution is -0.168. The lowest BCUT2D eigenvalue weighted by Gasteiger charge is -2.24. The molecule has 1 rings (SSSR count). The Morgan fingerprint density at radius 1 is 1.26 bits per heavy atom. The van der Waals surface area contributed by atoms with Gasteiger partial charge in [-0.05, 0) is 25.2 Å². The van der Waals surface area contributed by atoms with Crippen LogP contribution in [0.15, 0.2) is 24.8 Å². The van der Waals surface area contributed by atoms with Gasteiger partial charge in [-0.25, -0.2) is 0 Å². The molecule has 0 saturated carbocycles. The van der Waals surface area contributed by atoms with Gasteiger partial charge in [0.05, 0.1) is 19.8 Å². The molecular weight excluding hydrogens is 240 g/mol. The molecule has 0 amide bonds. The monoisotopic (exact) mass is 268 g/mol. The summed E-state index contributed by atoms with van der Waals surface area (Å²) in [5, 5.41) is 0. The van der Waals surface area contributed by atoms with Crippen molar-refractivity contribution in [2.24, 2.45) is 11.8 Å². The minimum atomic E-state index is -0.0249. The summed E-state index contributed by atoms with van der Waals surface area (Å²) >= 11 is 0. The summed E-state index contributed by atoms with van der Waals surface area (Å²) in [5.74, 6) is 0.834. The topological polar surface area (TPSA) is 27.7 Å². The van der Waals surface area contributed by atoms with E-state index in [0.29, 0.717) is 25.7 Å². The quantitative estimate of drug-likeness (QED) is 0.473. The van der Waals surface area contributed by atoms with E-state index < -0.39 is 0 Å². The molecule has 3 heteroatoms. The van der Waals surface area contributed by atoms with E-state index in [1.54, 1.807) is 6.08 Å². The summed E-state index contributed by atoms with van der Waals surface area (Å²) in [6, 6.07) is 0. The fourth-order valence-corrected chi connectivity index (χ4v) is 1.91. The van der Waals surface area contributed by atoms with Crippen LogP contribution < -0.4 is 0 Å². The van der Waals surface area contributed by atoms with Gasteiger partial charge in [-0.3, -0.25) is 0 Å². The third-order valence-electron chi connectivity index (χ3n) is 2.97. The molecule has 0 spiro atoms. The smallest absolute Gasteiger partial charge is 0.157 e. The van der Waals surface area contributed by atoms with Crippen LogP contribution in [0.4, 0.5) is 0 Å². The van der Waals surface area contributed by atoms with Gasteiger partial charge in [0.2, 0.25) is 0 Å². The van der Waals surface area contributed by atoms with Crippen molar-refractivity contribution in [3.63, 3.8) is 0 Å². The summed E-state index contributed by atoms with van der Waals surface area (Å²) in [4.78, 5) is 0. The Kier molecular flexibility index (Phi) is 8.80. The van der Waals surface area contributed by atoms with E-state index in [2.05, 4.69) is 32.6 Å². The predicted octanol–water partition coefficient (Wildman–Crippen LogP) is 3.56. The van der Waals surface area contributed by atoms with Crippen LogP contribution in [-0.4, -0.2) is 32.7 Å². The molecule has 0 aliphatic carbocycles. The number of ether oxygens (including phenoxy) is 3. The zero-order valence-corrected chi connectivity index (χ0v) is 12.3. The van der Waals surface area contributed by atoms with Crippen LogP contribution >= 0.6 is 0 Å². The molecule has 1 aliphatic rings. The van der Waals surface area contributed by atoms with E-state index >= 15 is 0 Å². The highest BCUT2D eigenvalue weighted by Crippen LogP contribution is 2.15. The molecule has 2 atom stereocenters. The lowest BCUT2D eigenvalue weighted by atomic mass is 10.1. The largest absolute Gasteiger partial charge is 0.377 e. The molecular formula is C16H28O3. The number of hydrogen-bond donors (Lipinski definition) is 0. The number of hydrogen-bond acceptors (Lipinski definition) is 3. The lowest BCUT2D eigenvalue weighted by Crippen LogP contribution is -2.26. The zero-order chi connectivity index (χ0) is 13.9. The van der Waals surface area contributed by atoms with E-state index in [-0.39, 0.29) is 12.2 Å². The molecule has 0 aromatic rings. The van der Waals surface area contributed by atoms with Crippen LogP contribution in [0.2, 0.25) is 0 Å². The van der Waals surface area contributed by atoms with Gasteiger partial charge in [0.1, 0.15) is 0 Å². The molecule has 1 heterocycles. The highest BCUT2D eigenvalue weighted by molar-refractivity contribution is 4.90. The van der Waals surface area contributed by atoms with Gasteiger partial charge >= 0.3 is 0 Å². The van der Waals surface area contributed by atoms with Crippen LogP contribution in [0, 0.1) is 11.8 Å². The van der Waals surface area contributed by atoms with Crippen LogP contribution in [0.1, 0.15) is 33.1 Å². The van der Waals surface area contributed by atoms with E-state index in [0.717, 1.165) is 19.4 Å². The summed E-state index contributed by atoms with van der Waals surface area (Å²) in [5.41, 5.74) is 0. The summed E-state index contributed by atoms with van der Waals surface area (Å²) < 4.78 is 16.9. The Hall–Kier alpha value is -0.640. The van der Waals surface area contributed by atoms with Crippen molar-refractivity contribution in [3.05, 3.63) is 24.8 Å². The standard InChI is InChI=1S/C16H28O3/c1-4-10-17-12-15(9-8-14(2)3)13-19-16-7-5-6-11-18-16/h4,8-9,14-16H,1,5-7,10-13H2,2-3H3/b9-8+/t15-,16?/m0/s1. The van der Waals surface area contributed by atoms with Crippen molar-refractivity contribution in [2.45, 2.75) is 39.4 Å². The fraction of sp³-hybridized carbons (Fsp3) is 0.750. The second-order valence-electron chi connectivity index (χ2n) is 5.34. The molecule has 0 aromatic carbocycles. The first kappa shape index (κ1) is 16.4. The Balaban J connectivity index is 2.31. The Morgan fingerprint density at radius 3 is 2.74 bits per heavy atom. The highest BCUT2D eigenvalue weighted by Gasteiger charge is 2.16. The minimum Gasteiger partial charge on any atom is -0.377 e. The van der Waals surface area contributed by atoms with Gasteiger partial charge in [0.25, 0.3) is 0 Å².